The number of hydrogen-bond acceptors (Lipinski definition) is 3. The Labute approximate surface area is 156 Å². The largest absolute Gasteiger partial charge is 0.370 e. The third-order valence-electron chi connectivity index (χ3n) is 3.94. The highest BCUT2D eigenvalue weighted by molar-refractivity contribution is 6.42. The Morgan fingerprint density at radius 2 is 2.08 bits per heavy atom. The molecule has 2 heterocycles. The van der Waals surface area contributed by atoms with Gasteiger partial charge in [-0.1, -0.05) is 29.3 Å². The van der Waals surface area contributed by atoms with Crippen LogP contribution in [-0.2, 0) is 4.74 Å². The predicted octanol–water partition coefficient (Wildman–Crippen LogP) is 3.22. The molecule has 0 saturated carbocycles. The Hall–Kier alpha value is -1.24. The Balaban J connectivity index is 0.00000208. The van der Waals surface area contributed by atoms with Gasteiger partial charge in [0.15, 0.2) is 0 Å². The minimum atomic E-state index is -0.466. The number of carbonyl (C=O) groups is 1. The molecule has 1 aliphatic heterocycles. The van der Waals surface area contributed by atoms with E-state index in [4.69, 9.17) is 33.7 Å². The lowest BCUT2D eigenvalue weighted by molar-refractivity contribution is 0.0339. The van der Waals surface area contributed by atoms with Gasteiger partial charge in [-0.25, -0.2) is 0 Å². The molecule has 1 aliphatic rings. The average Bonchev–Trinajstić information content (AvgIpc) is 2.88. The fourth-order valence-electron chi connectivity index (χ4n) is 2.87. The van der Waals surface area contributed by atoms with E-state index in [-0.39, 0.29) is 24.6 Å². The summed E-state index contributed by atoms with van der Waals surface area (Å²) in [5.74, 6) is -0.466. The summed E-state index contributed by atoms with van der Waals surface area (Å²) in [6, 6.07) is 8.84. The van der Waals surface area contributed by atoms with Crippen LogP contribution in [-0.4, -0.2) is 30.2 Å². The van der Waals surface area contributed by atoms with E-state index in [1.165, 1.54) is 0 Å². The number of nitrogens with two attached hydrogens (primary N) is 1. The van der Waals surface area contributed by atoms with Crippen molar-refractivity contribution in [3.05, 3.63) is 57.8 Å². The molecular formula is C16H18Cl3N3O2. The molecule has 8 heteroatoms. The van der Waals surface area contributed by atoms with Gasteiger partial charge in [-0.15, -0.1) is 12.4 Å². The van der Waals surface area contributed by atoms with Crippen LogP contribution in [0.25, 0.3) is 0 Å². The van der Waals surface area contributed by atoms with Crippen molar-refractivity contribution < 1.29 is 9.53 Å². The number of nitrogens with one attached hydrogen (secondary N) is 1. The van der Waals surface area contributed by atoms with Crippen LogP contribution in [0.5, 0.6) is 0 Å². The van der Waals surface area contributed by atoms with E-state index in [1.54, 1.807) is 24.3 Å². The van der Waals surface area contributed by atoms with Crippen molar-refractivity contribution in [3.8, 4) is 0 Å². The summed E-state index contributed by atoms with van der Waals surface area (Å²) in [4.78, 5) is 11.7. The standard InChI is InChI=1S/C16H17Cl2N3O2.ClH/c17-11-4-3-10(8-12(11)18)15-14(9-20-5-7-23-15)21-6-1-2-13(21)16(19)22;/h1-4,6,8,14-15,20H,5,7,9H2,(H2,19,22);1H/t14-,15+;/m1./s1. The number of hydrogen-bond donors (Lipinski definition) is 2. The van der Waals surface area contributed by atoms with Crippen LogP contribution in [0.3, 0.4) is 0 Å². The van der Waals surface area contributed by atoms with Gasteiger partial charge in [0.1, 0.15) is 11.8 Å². The van der Waals surface area contributed by atoms with Crippen molar-refractivity contribution >= 4 is 41.5 Å². The first-order valence-corrected chi connectivity index (χ1v) is 8.07. The second-order valence-corrected chi connectivity index (χ2v) is 6.22. The van der Waals surface area contributed by atoms with Gasteiger partial charge in [0.05, 0.1) is 22.7 Å². The van der Waals surface area contributed by atoms with Crippen molar-refractivity contribution in [1.82, 2.24) is 9.88 Å². The fourth-order valence-corrected chi connectivity index (χ4v) is 3.18. The number of benzene rings is 1. The molecule has 1 saturated heterocycles. The molecule has 130 valence electrons. The van der Waals surface area contributed by atoms with E-state index in [2.05, 4.69) is 5.32 Å². The van der Waals surface area contributed by atoms with Gasteiger partial charge in [-0.3, -0.25) is 4.79 Å². The molecule has 0 radical (unpaired) electrons. The van der Waals surface area contributed by atoms with Crippen LogP contribution in [0.1, 0.15) is 28.2 Å². The maximum atomic E-state index is 11.7. The highest BCUT2D eigenvalue weighted by Gasteiger charge is 2.29. The van der Waals surface area contributed by atoms with Crippen LogP contribution in [0.15, 0.2) is 36.5 Å². The van der Waals surface area contributed by atoms with E-state index < -0.39 is 5.91 Å². The van der Waals surface area contributed by atoms with Gasteiger partial charge in [0.25, 0.3) is 5.91 Å². The number of nitrogens with zero attached hydrogens (tertiary/aromatic N) is 1. The maximum absolute atomic E-state index is 11.7. The molecule has 0 aliphatic carbocycles. The molecule has 24 heavy (non-hydrogen) atoms. The summed E-state index contributed by atoms with van der Waals surface area (Å²) in [6.07, 6.45) is 1.58. The summed E-state index contributed by atoms with van der Waals surface area (Å²) in [7, 11) is 0. The smallest absolute Gasteiger partial charge is 0.265 e. The molecule has 5 nitrogen and oxygen atoms in total. The van der Waals surface area contributed by atoms with Gasteiger partial charge in [0.2, 0.25) is 0 Å². The molecule has 1 aromatic carbocycles. The fraction of sp³-hybridized carbons (Fsp3) is 0.312. The summed E-state index contributed by atoms with van der Waals surface area (Å²) < 4.78 is 7.87. The van der Waals surface area contributed by atoms with Crippen LogP contribution in [0.4, 0.5) is 0 Å². The molecule has 1 aromatic heterocycles. The van der Waals surface area contributed by atoms with E-state index in [0.29, 0.717) is 28.9 Å². The zero-order chi connectivity index (χ0) is 16.4. The molecule has 0 unspecified atom stereocenters. The average molecular weight is 391 g/mol. The number of rotatable bonds is 3. The minimum absolute atomic E-state index is 0. The van der Waals surface area contributed by atoms with Crippen molar-refractivity contribution in [2.45, 2.75) is 12.1 Å². The summed E-state index contributed by atoms with van der Waals surface area (Å²) in [5.41, 5.74) is 6.84. The third kappa shape index (κ3) is 3.87. The van der Waals surface area contributed by atoms with E-state index in [0.717, 1.165) is 12.1 Å². The highest BCUT2D eigenvalue weighted by atomic mass is 35.5. The molecule has 2 aromatic rings. The first-order chi connectivity index (χ1) is 11.1. The lowest BCUT2D eigenvalue weighted by Gasteiger charge is -2.28. The second-order valence-electron chi connectivity index (χ2n) is 5.40. The number of ether oxygens (including phenoxy) is 1. The zero-order valence-corrected chi connectivity index (χ0v) is 15.1. The van der Waals surface area contributed by atoms with E-state index in [9.17, 15) is 4.79 Å². The number of amides is 1. The normalized spacial score (nSPS) is 20.9. The van der Waals surface area contributed by atoms with Crippen molar-refractivity contribution in [2.24, 2.45) is 5.73 Å². The molecule has 2 atom stereocenters. The Bertz CT molecular complexity index is 720. The first-order valence-electron chi connectivity index (χ1n) is 7.32. The molecule has 1 amide bonds. The maximum Gasteiger partial charge on any atom is 0.265 e. The number of carbonyl (C=O) groups excluding carboxylic acids is 1. The van der Waals surface area contributed by atoms with E-state index in [1.807, 2.05) is 16.8 Å². The Morgan fingerprint density at radius 1 is 1.29 bits per heavy atom. The van der Waals surface area contributed by atoms with Gasteiger partial charge in [-0.2, -0.15) is 0 Å². The lowest BCUT2D eigenvalue weighted by Crippen LogP contribution is -2.30. The summed E-state index contributed by atoms with van der Waals surface area (Å²) in [5, 5.41) is 4.30. The van der Waals surface area contributed by atoms with Crippen molar-refractivity contribution in [1.29, 1.82) is 0 Å². The number of primary amides is 1. The first kappa shape index (κ1) is 19.1. The minimum Gasteiger partial charge on any atom is -0.370 e. The molecule has 3 rings (SSSR count). The Kier molecular flexibility index (Phi) is 6.54. The highest BCUT2D eigenvalue weighted by Crippen LogP contribution is 2.35. The third-order valence-corrected chi connectivity index (χ3v) is 4.68. The number of aromatic nitrogens is 1. The quantitative estimate of drug-likeness (QED) is 0.845. The molecular weight excluding hydrogens is 373 g/mol. The lowest BCUT2D eigenvalue weighted by atomic mass is 10.0. The van der Waals surface area contributed by atoms with Gasteiger partial charge >= 0.3 is 0 Å². The van der Waals surface area contributed by atoms with Gasteiger partial charge in [0, 0.05) is 19.3 Å². The monoisotopic (exact) mass is 389 g/mol. The number of halogens is 3. The van der Waals surface area contributed by atoms with Crippen molar-refractivity contribution in [2.75, 3.05) is 19.7 Å². The van der Waals surface area contributed by atoms with Crippen molar-refractivity contribution in [3.63, 3.8) is 0 Å². The topological polar surface area (TPSA) is 69.3 Å². The van der Waals surface area contributed by atoms with Gasteiger partial charge < -0.3 is 20.4 Å². The van der Waals surface area contributed by atoms with Crippen LogP contribution < -0.4 is 11.1 Å². The molecule has 3 N–H and O–H groups in total. The van der Waals surface area contributed by atoms with Crippen LogP contribution >= 0.6 is 35.6 Å². The predicted molar refractivity (Wildman–Crippen MR) is 97.3 cm³/mol. The molecule has 1 fully saturated rings. The van der Waals surface area contributed by atoms with Crippen LogP contribution in [0, 0.1) is 0 Å². The zero-order valence-electron chi connectivity index (χ0n) is 12.7. The summed E-state index contributed by atoms with van der Waals surface area (Å²) >= 11 is 12.1. The van der Waals surface area contributed by atoms with Gasteiger partial charge in [-0.05, 0) is 29.8 Å². The molecule has 0 spiro atoms. The van der Waals surface area contributed by atoms with Crippen LogP contribution in [0.2, 0.25) is 10.0 Å². The summed E-state index contributed by atoms with van der Waals surface area (Å²) in [6.45, 7) is 1.95. The Morgan fingerprint density at radius 3 is 2.79 bits per heavy atom. The molecule has 0 bridgehead atoms. The second kappa shape index (κ2) is 8.23. The van der Waals surface area contributed by atoms with E-state index >= 15 is 0 Å². The SMILES string of the molecule is Cl.NC(=O)c1cccn1[C@@H]1CNCCO[C@H]1c1ccc(Cl)c(Cl)c1.